The maximum Gasteiger partial charge on any atom is 0.242 e. The smallest absolute Gasteiger partial charge is 0.242 e. The standard InChI is InChI=1S/C13H18N2O3S2/c1-3-11-4-5-12(19-11)7-14-20(17,18)13-6-10(9-16)15(2)8-13/h4-6,8,14,16H,3,7,9H2,1-2H3. The van der Waals surface area contributed by atoms with Crippen molar-refractivity contribution in [2.75, 3.05) is 0 Å². The third-order valence-corrected chi connectivity index (χ3v) is 5.66. The number of sulfonamides is 1. The van der Waals surface area contributed by atoms with Crippen LogP contribution < -0.4 is 4.72 Å². The number of rotatable bonds is 6. The first kappa shape index (κ1) is 15.2. The van der Waals surface area contributed by atoms with E-state index in [4.69, 9.17) is 5.11 Å². The summed E-state index contributed by atoms with van der Waals surface area (Å²) >= 11 is 1.61. The van der Waals surface area contributed by atoms with Gasteiger partial charge in [0.1, 0.15) is 0 Å². The van der Waals surface area contributed by atoms with Crippen molar-refractivity contribution < 1.29 is 13.5 Å². The predicted octanol–water partition coefficient (Wildman–Crippen LogP) is 1.62. The van der Waals surface area contributed by atoms with Gasteiger partial charge in [-0.05, 0) is 24.6 Å². The van der Waals surface area contributed by atoms with Crippen LogP contribution in [0.2, 0.25) is 0 Å². The molecule has 0 bridgehead atoms. The molecular weight excluding hydrogens is 296 g/mol. The molecule has 0 atom stereocenters. The normalized spacial score (nSPS) is 11.9. The zero-order valence-corrected chi connectivity index (χ0v) is 13.1. The molecule has 0 aromatic carbocycles. The number of aliphatic hydroxyl groups is 1. The Morgan fingerprint density at radius 1 is 1.35 bits per heavy atom. The van der Waals surface area contributed by atoms with Gasteiger partial charge in [-0.1, -0.05) is 6.92 Å². The van der Waals surface area contributed by atoms with Gasteiger partial charge in [0.15, 0.2) is 0 Å². The van der Waals surface area contributed by atoms with Crippen molar-refractivity contribution in [2.45, 2.75) is 31.4 Å². The molecule has 0 aliphatic rings. The van der Waals surface area contributed by atoms with E-state index in [1.54, 1.807) is 23.0 Å². The van der Waals surface area contributed by atoms with Crippen LogP contribution in [0.15, 0.2) is 29.3 Å². The van der Waals surface area contributed by atoms with Crippen LogP contribution in [0.1, 0.15) is 22.4 Å². The second kappa shape index (κ2) is 6.09. The minimum absolute atomic E-state index is 0.177. The molecule has 2 rings (SSSR count). The van der Waals surface area contributed by atoms with Crippen molar-refractivity contribution in [1.29, 1.82) is 0 Å². The van der Waals surface area contributed by atoms with Gasteiger partial charge >= 0.3 is 0 Å². The van der Waals surface area contributed by atoms with E-state index in [0.29, 0.717) is 5.69 Å². The Balaban J connectivity index is 2.10. The van der Waals surface area contributed by atoms with Crippen LogP contribution in [0, 0.1) is 0 Å². The Kier molecular flexibility index (Phi) is 4.64. The molecule has 0 radical (unpaired) electrons. The van der Waals surface area contributed by atoms with E-state index in [1.165, 1.54) is 17.1 Å². The van der Waals surface area contributed by atoms with Gasteiger partial charge in [0.05, 0.1) is 11.5 Å². The van der Waals surface area contributed by atoms with E-state index in [0.717, 1.165) is 11.3 Å². The lowest BCUT2D eigenvalue weighted by atomic mass is 10.4. The maximum atomic E-state index is 12.2. The van der Waals surface area contributed by atoms with Crippen LogP contribution in [0.5, 0.6) is 0 Å². The van der Waals surface area contributed by atoms with E-state index < -0.39 is 10.0 Å². The minimum atomic E-state index is -3.54. The number of aliphatic hydroxyl groups excluding tert-OH is 1. The van der Waals surface area contributed by atoms with E-state index in [2.05, 4.69) is 11.6 Å². The molecule has 2 N–H and O–H groups in total. The highest BCUT2D eigenvalue weighted by Crippen LogP contribution is 2.18. The summed E-state index contributed by atoms with van der Waals surface area (Å²) in [6, 6.07) is 5.44. The highest BCUT2D eigenvalue weighted by Gasteiger charge is 2.17. The van der Waals surface area contributed by atoms with Gasteiger partial charge in [0, 0.05) is 35.2 Å². The van der Waals surface area contributed by atoms with Crippen LogP contribution in [-0.2, 0) is 36.6 Å². The molecule has 0 aliphatic heterocycles. The largest absolute Gasteiger partial charge is 0.390 e. The summed E-state index contributed by atoms with van der Waals surface area (Å²) in [4.78, 5) is 2.40. The average Bonchev–Trinajstić information content (AvgIpc) is 3.02. The molecule has 0 saturated carbocycles. The summed E-state index contributed by atoms with van der Waals surface area (Å²) < 4.78 is 28.5. The highest BCUT2D eigenvalue weighted by molar-refractivity contribution is 7.89. The fourth-order valence-corrected chi connectivity index (χ4v) is 3.93. The Hall–Kier alpha value is -1.15. The number of nitrogens with one attached hydrogen (secondary N) is 1. The molecule has 0 saturated heterocycles. The molecular formula is C13H18N2O3S2. The van der Waals surface area contributed by atoms with Crippen molar-refractivity contribution in [1.82, 2.24) is 9.29 Å². The van der Waals surface area contributed by atoms with Crippen LogP contribution in [0.4, 0.5) is 0 Å². The molecule has 20 heavy (non-hydrogen) atoms. The summed E-state index contributed by atoms with van der Waals surface area (Å²) in [5.41, 5.74) is 0.565. The lowest BCUT2D eigenvalue weighted by Gasteiger charge is -2.03. The molecule has 7 heteroatoms. The molecule has 0 aliphatic carbocycles. The predicted molar refractivity (Wildman–Crippen MR) is 79.1 cm³/mol. The second-order valence-electron chi connectivity index (χ2n) is 4.48. The fraction of sp³-hybridized carbons (Fsp3) is 0.385. The van der Waals surface area contributed by atoms with Gasteiger partial charge in [-0.25, -0.2) is 13.1 Å². The molecule has 0 spiro atoms. The highest BCUT2D eigenvalue weighted by atomic mass is 32.2. The van der Waals surface area contributed by atoms with Crippen LogP contribution in [-0.4, -0.2) is 18.1 Å². The van der Waals surface area contributed by atoms with Gasteiger partial charge in [-0.15, -0.1) is 11.3 Å². The van der Waals surface area contributed by atoms with Crippen molar-refractivity contribution in [3.05, 3.63) is 39.8 Å². The van der Waals surface area contributed by atoms with Gasteiger partial charge < -0.3 is 9.67 Å². The minimum Gasteiger partial charge on any atom is -0.390 e. The SMILES string of the molecule is CCc1ccc(CNS(=O)(=O)c2cc(CO)n(C)c2)s1. The average molecular weight is 314 g/mol. The van der Waals surface area contributed by atoms with E-state index in [-0.39, 0.29) is 18.0 Å². The van der Waals surface area contributed by atoms with Crippen molar-refractivity contribution in [3.8, 4) is 0 Å². The van der Waals surface area contributed by atoms with E-state index >= 15 is 0 Å². The van der Waals surface area contributed by atoms with Gasteiger partial charge in [-0.2, -0.15) is 0 Å². The summed E-state index contributed by atoms with van der Waals surface area (Å²) in [7, 11) is -1.84. The van der Waals surface area contributed by atoms with Crippen LogP contribution in [0.3, 0.4) is 0 Å². The molecule has 0 amide bonds. The number of nitrogens with zero attached hydrogens (tertiary/aromatic N) is 1. The number of hydrogen-bond acceptors (Lipinski definition) is 4. The van der Waals surface area contributed by atoms with E-state index in [1.807, 2.05) is 12.1 Å². The molecule has 2 aromatic heterocycles. The van der Waals surface area contributed by atoms with Crippen LogP contribution >= 0.6 is 11.3 Å². The summed E-state index contributed by atoms with van der Waals surface area (Å²) in [6.07, 6.45) is 2.45. The molecule has 2 heterocycles. The third-order valence-electron chi connectivity index (χ3n) is 3.06. The second-order valence-corrected chi connectivity index (χ2v) is 7.50. The molecule has 5 nitrogen and oxygen atoms in total. The lowest BCUT2D eigenvalue weighted by molar-refractivity contribution is 0.272. The Labute approximate surface area is 122 Å². The number of thiophene rings is 1. The van der Waals surface area contributed by atoms with Gasteiger partial charge in [0.2, 0.25) is 10.0 Å². The van der Waals surface area contributed by atoms with Gasteiger partial charge in [-0.3, -0.25) is 0 Å². The molecule has 110 valence electrons. The third kappa shape index (κ3) is 3.29. The molecule has 0 fully saturated rings. The van der Waals surface area contributed by atoms with Gasteiger partial charge in [0.25, 0.3) is 0 Å². The summed E-state index contributed by atoms with van der Waals surface area (Å²) in [5.74, 6) is 0. The maximum absolute atomic E-state index is 12.2. The van der Waals surface area contributed by atoms with Crippen molar-refractivity contribution in [2.24, 2.45) is 7.05 Å². The zero-order valence-electron chi connectivity index (χ0n) is 11.5. The lowest BCUT2D eigenvalue weighted by Crippen LogP contribution is -2.22. The topological polar surface area (TPSA) is 71.3 Å². The fourth-order valence-electron chi connectivity index (χ4n) is 1.84. The Bertz CT molecular complexity index is 686. The number of aryl methyl sites for hydroxylation is 2. The van der Waals surface area contributed by atoms with Crippen LogP contribution in [0.25, 0.3) is 0 Å². The summed E-state index contributed by atoms with van der Waals surface area (Å²) in [6.45, 7) is 2.17. The molecule has 2 aromatic rings. The monoisotopic (exact) mass is 314 g/mol. The zero-order chi connectivity index (χ0) is 14.8. The number of aromatic nitrogens is 1. The summed E-state index contributed by atoms with van der Waals surface area (Å²) in [5, 5.41) is 9.10. The first-order chi connectivity index (χ1) is 9.46. The number of hydrogen-bond donors (Lipinski definition) is 2. The Morgan fingerprint density at radius 3 is 2.60 bits per heavy atom. The van der Waals surface area contributed by atoms with E-state index in [9.17, 15) is 8.42 Å². The van der Waals surface area contributed by atoms with Crippen molar-refractivity contribution >= 4 is 21.4 Å². The molecule has 0 unspecified atom stereocenters. The van der Waals surface area contributed by atoms with Crippen molar-refractivity contribution in [3.63, 3.8) is 0 Å². The Morgan fingerprint density at radius 2 is 2.05 bits per heavy atom. The quantitative estimate of drug-likeness (QED) is 0.851. The first-order valence-corrected chi connectivity index (χ1v) is 8.59. The first-order valence-electron chi connectivity index (χ1n) is 6.29.